The van der Waals surface area contributed by atoms with E-state index in [2.05, 4.69) is 0 Å². The Morgan fingerprint density at radius 1 is 1.60 bits per heavy atom. The van der Waals surface area contributed by atoms with Gasteiger partial charge in [0.15, 0.2) is 5.25 Å². The molecule has 0 rings (SSSR count). The first-order valence-corrected chi connectivity index (χ1v) is 3.55. The summed E-state index contributed by atoms with van der Waals surface area (Å²) in [6.07, 6.45) is 0. The minimum absolute atomic E-state index is 0. The van der Waals surface area contributed by atoms with Crippen molar-refractivity contribution in [1.82, 2.24) is 0 Å². The summed E-state index contributed by atoms with van der Waals surface area (Å²) in [6.45, 7) is 0.887. The Bertz CT molecular complexity index is 215. The van der Waals surface area contributed by atoms with Gasteiger partial charge in [0.25, 0.3) is 10.1 Å². The summed E-state index contributed by atoms with van der Waals surface area (Å²) in [5, 5.41) is 6.24. The Hall–Kier alpha value is 0.146. The standard InChI is InChI=1S/C3H6O5S.Mg.2H/c1-2(3(4)5)9(6,7)8;;;/h2H,1H3,(H,4,5)(H,6,7,8);;;/q;+2;2*-1. The fraction of sp³-hybridized carbons (Fsp3) is 0.667. The van der Waals surface area contributed by atoms with Gasteiger partial charge < -0.3 is 7.96 Å². The Kier molecular flexibility index (Phi) is 5.26. The van der Waals surface area contributed by atoms with Crippen LogP contribution in [0, 0.1) is 0 Å². The van der Waals surface area contributed by atoms with E-state index in [4.69, 9.17) is 9.66 Å². The Morgan fingerprint density at radius 3 is 1.90 bits per heavy atom. The summed E-state index contributed by atoms with van der Waals surface area (Å²) in [5.74, 6) is -1.56. The maximum Gasteiger partial charge on any atom is 2.00 e. The van der Waals surface area contributed by atoms with Gasteiger partial charge in [0.1, 0.15) is 0 Å². The Balaban J connectivity index is -0.000000107. The topological polar surface area (TPSA) is 91.7 Å². The zero-order valence-electron chi connectivity index (χ0n) is 7.31. The van der Waals surface area contributed by atoms with Gasteiger partial charge in [-0.15, -0.1) is 0 Å². The Morgan fingerprint density at radius 2 is 1.90 bits per heavy atom. The normalized spacial score (nSPS) is 13.4. The fourth-order valence-electron chi connectivity index (χ4n) is 0.127. The molecule has 2 N–H and O–H groups in total. The van der Waals surface area contributed by atoms with Crippen LogP contribution >= 0.6 is 0 Å². The molecule has 0 bridgehead atoms. The van der Waals surface area contributed by atoms with E-state index in [9.17, 15) is 13.2 Å². The molecule has 0 aliphatic rings. The van der Waals surface area contributed by atoms with Gasteiger partial charge in [0.2, 0.25) is 0 Å². The number of aliphatic carboxylic acids is 1. The molecular weight excluding hydrogens is 172 g/mol. The van der Waals surface area contributed by atoms with Crippen LogP contribution in [0.25, 0.3) is 0 Å². The van der Waals surface area contributed by atoms with E-state index in [1.54, 1.807) is 0 Å². The Labute approximate surface area is 77.3 Å². The zero-order valence-corrected chi connectivity index (χ0v) is 7.54. The van der Waals surface area contributed by atoms with Gasteiger partial charge in [-0.3, -0.25) is 9.35 Å². The van der Waals surface area contributed by atoms with Crippen molar-refractivity contribution in [1.29, 1.82) is 0 Å². The molecule has 0 spiro atoms. The van der Waals surface area contributed by atoms with Gasteiger partial charge in [0, 0.05) is 0 Å². The fourth-order valence-corrected chi connectivity index (χ4v) is 0.382. The summed E-state index contributed by atoms with van der Waals surface area (Å²) in [7, 11) is -4.40. The first kappa shape index (κ1) is 12.8. The van der Waals surface area contributed by atoms with Crippen molar-refractivity contribution in [3.05, 3.63) is 0 Å². The second kappa shape index (κ2) is 4.11. The average Bonchev–Trinajstić information content (AvgIpc) is 1.62. The molecule has 0 saturated heterocycles. The molecule has 0 amide bonds. The van der Waals surface area contributed by atoms with Gasteiger partial charge >= 0.3 is 29.0 Å². The van der Waals surface area contributed by atoms with Crippen LogP contribution in [-0.4, -0.2) is 52.3 Å². The number of hydrogen-bond acceptors (Lipinski definition) is 3. The summed E-state index contributed by atoms with van der Waals surface area (Å²) in [4.78, 5) is 9.81. The maximum absolute atomic E-state index is 9.95. The molecule has 5 nitrogen and oxygen atoms in total. The number of rotatable bonds is 2. The van der Waals surface area contributed by atoms with Crippen LogP contribution in [0.5, 0.6) is 0 Å². The van der Waals surface area contributed by atoms with Crippen molar-refractivity contribution < 1.29 is 25.7 Å². The van der Waals surface area contributed by atoms with Gasteiger partial charge in [-0.05, 0) is 6.92 Å². The molecule has 0 fully saturated rings. The molecule has 0 aromatic heterocycles. The van der Waals surface area contributed by atoms with Crippen molar-refractivity contribution in [3.8, 4) is 0 Å². The van der Waals surface area contributed by atoms with Crippen LogP contribution in [-0.2, 0) is 14.9 Å². The molecule has 0 aliphatic heterocycles. The number of carboxylic acid groups (broad SMARTS) is 1. The minimum atomic E-state index is -4.40. The quantitative estimate of drug-likeness (QED) is 0.428. The largest absolute Gasteiger partial charge is 2.00 e. The number of carboxylic acids is 1. The van der Waals surface area contributed by atoms with Crippen molar-refractivity contribution in [2.24, 2.45) is 0 Å². The van der Waals surface area contributed by atoms with Crippen molar-refractivity contribution >= 4 is 39.1 Å². The van der Waals surface area contributed by atoms with Crippen LogP contribution in [0.4, 0.5) is 0 Å². The van der Waals surface area contributed by atoms with Gasteiger partial charge in [0.05, 0.1) is 0 Å². The molecule has 0 saturated carbocycles. The van der Waals surface area contributed by atoms with Crippen LogP contribution in [0.1, 0.15) is 9.78 Å². The van der Waals surface area contributed by atoms with Crippen molar-refractivity contribution in [2.75, 3.05) is 0 Å². The third-order valence-electron chi connectivity index (χ3n) is 0.795. The van der Waals surface area contributed by atoms with Gasteiger partial charge in [-0.2, -0.15) is 8.42 Å². The first-order chi connectivity index (χ1) is 3.85. The van der Waals surface area contributed by atoms with E-state index >= 15 is 0 Å². The van der Waals surface area contributed by atoms with Crippen LogP contribution in [0.3, 0.4) is 0 Å². The summed E-state index contributed by atoms with van der Waals surface area (Å²) < 4.78 is 27.9. The van der Waals surface area contributed by atoms with E-state index in [-0.39, 0.29) is 25.9 Å². The van der Waals surface area contributed by atoms with E-state index in [0.29, 0.717) is 0 Å². The summed E-state index contributed by atoms with van der Waals surface area (Å²) in [5.41, 5.74) is 0. The van der Waals surface area contributed by atoms with Crippen LogP contribution in [0.15, 0.2) is 0 Å². The molecule has 0 heterocycles. The molecule has 7 heteroatoms. The monoisotopic (exact) mass is 180 g/mol. The van der Waals surface area contributed by atoms with Gasteiger partial charge in [-0.25, -0.2) is 0 Å². The second-order valence-electron chi connectivity index (χ2n) is 1.50. The van der Waals surface area contributed by atoms with E-state index < -0.39 is 21.3 Å². The molecule has 10 heavy (non-hydrogen) atoms. The van der Waals surface area contributed by atoms with E-state index in [0.717, 1.165) is 6.92 Å². The van der Waals surface area contributed by atoms with E-state index in [1.165, 1.54) is 0 Å². The predicted octanol–water partition coefficient (Wildman–Crippen LogP) is -0.808. The number of carbonyl (C=O) groups is 1. The average molecular weight is 180 g/mol. The summed E-state index contributed by atoms with van der Waals surface area (Å²) >= 11 is 0. The smallest absolute Gasteiger partial charge is 1.00 e. The molecule has 58 valence electrons. The first-order valence-electron chi connectivity index (χ1n) is 2.05. The second-order valence-corrected chi connectivity index (χ2v) is 3.23. The van der Waals surface area contributed by atoms with E-state index in [1.807, 2.05) is 0 Å². The van der Waals surface area contributed by atoms with Crippen molar-refractivity contribution in [3.63, 3.8) is 0 Å². The molecule has 0 aliphatic carbocycles. The van der Waals surface area contributed by atoms with Crippen molar-refractivity contribution in [2.45, 2.75) is 12.2 Å². The molecule has 0 radical (unpaired) electrons. The van der Waals surface area contributed by atoms with Crippen LogP contribution < -0.4 is 0 Å². The third-order valence-corrected chi connectivity index (χ3v) is 1.89. The molecule has 1 unspecified atom stereocenters. The van der Waals surface area contributed by atoms with Crippen LogP contribution in [0.2, 0.25) is 0 Å². The minimum Gasteiger partial charge on any atom is -1.00 e. The third kappa shape index (κ3) is 4.04. The molecule has 1 atom stereocenters. The molecule has 0 aromatic carbocycles. The van der Waals surface area contributed by atoms with Gasteiger partial charge in [-0.1, -0.05) is 0 Å². The number of hydrogen-bond donors (Lipinski definition) is 2. The molecule has 0 aromatic rings. The predicted molar refractivity (Wildman–Crippen MR) is 36.6 cm³/mol. The molecular formula is C3H8MgO5S. The summed E-state index contributed by atoms with van der Waals surface area (Å²) in [6, 6.07) is 0. The maximum atomic E-state index is 9.95. The zero-order chi connectivity index (χ0) is 7.65. The SMILES string of the molecule is CC(C(=O)O)S(=O)(=O)O.[H-].[H-].[Mg+2].